The Bertz CT molecular complexity index is 710. The van der Waals surface area contributed by atoms with Crippen LogP contribution in [0, 0.1) is 5.92 Å². The van der Waals surface area contributed by atoms with Crippen molar-refractivity contribution < 1.29 is 18.3 Å². The summed E-state index contributed by atoms with van der Waals surface area (Å²) in [5, 5.41) is 11.9. The van der Waals surface area contributed by atoms with E-state index in [9.17, 15) is 13.5 Å². The largest absolute Gasteiger partial charge is 0.493 e. The molecule has 0 bridgehead atoms. The van der Waals surface area contributed by atoms with Gasteiger partial charge in [-0.05, 0) is 48.1 Å². The summed E-state index contributed by atoms with van der Waals surface area (Å²) in [4.78, 5) is 1.02. The maximum absolute atomic E-state index is 12.2. The first-order chi connectivity index (χ1) is 11.4. The molecule has 2 aromatic rings. The average molecular weight is 370 g/mol. The molecule has 0 fully saturated rings. The third-order valence-corrected chi connectivity index (χ3v) is 5.75. The van der Waals surface area contributed by atoms with Crippen molar-refractivity contribution in [3.8, 4) is 5.75 Å². The number of aliphatic hydroxyl groups excluding tert-OH is 1. The van der Waals surface area contributed by atoms with Gasteiger partial charge < -0.3 is 9.84 Å². The average Bonchev–Trinajstić information content (AvgIpc) is 3.07. The van der Waals surface area contributed by atoms with Gasteiger partial charge in [0.05, 0.1) is 17.6 Å². The Labute approximate surface area is 147 Å². The van der Waals surface area contributed by atoms with Gasteiger partial charge >= 0.3 is 0 Å². The van der Waals surface area contributed by atoms with E-state index in [1.165, 1.54) is 23.5 Å². The maximum Gasteiger partial charge on any atom is 0.240 e. The summed E-state index contributed by atoms with van der Waals surface area (Å²) >= 11 is 1.45. The summed E-state index contributed by atoms with van der Waals surface area (Å²) < 4.78 is 32.5. The lowest BCUT2D eigenvalue weighted by Gasteiger charge is -2.11. The zero-order valence-electron chi connectivity index (χ0n) is 13.8. The third-order valence-electron chi connectivity index (χ3n) is 3.30. The van der Waals surface area contributed by atoms with Crippen LogP contribution in [0.25, 0.3) is 0 Å². The van der Waals surface area contributed by atoms with Crippen LogP contribution in [0.5, 0.6) is 5.75 Å². The highest BCUT2D eigenvalue weighted by molar-refractivity contribution is 7.89. The Morgan fingerprint density at radius 3 is 2.50 bits per heavy atom. The lowest BCUT2D eigenvalue weighted by molar-refractivity contribution is 0.173. The van der Waals surface area contributed by atoms with Crippen LogP contribution in [0.3, 0.4) is 0 Å². The van der Waals surface area contributed by atoms with Gasteiger partial charge in [0.15, 0.2) is 0 Å². The highest BCUT2D eigenvalue weighted by Gasteiger charge is 2.15. The van der Waals surface area contributed by atoms with Crippen molar-refractivity contribution in [1.29, 1.82) is 0 Å². The van der Waals surface area contributed by atoms with Gasteiger partial charge in [0.2, 0.25) is 10.0 Å². The highest BCUT2D eigenvalue weighted by Crippen LogP contribution is 2.21. The van der Waals surface area contributed by atoms with Crippen LogP contribution in [0.4, 0.5) is 0 Å². The number of nitrogens with one attached hydrogen (secondary N) is 1. The van der Waals surface area contributed by atoms with Crippen LogP contribution in [0.1, 0.15) is 31.2 Å². The van der Waals surface area contributed by atoms with E-state index in [2.05, 4.69) is 4.72 Å². The SMILES string of the molecule is CC(C)COc1ccc(S(=O)(=O)NCCC(O)c2cccs2)cc1. The molecule has 1 unspecified atom stereocenters. The summed E-state index contributed by atoms with van der Waals surface area (Å²) in [6, 6.07) is 10.0. The second kappa shape index (κ2) is 8.62. The number of hydrogen-bond donors (Lipinski definition) is 2. The predicted octanol–water partition coefficient (Wildman–Crippen LogP) is 3.18. The van der Waals surface area contributed by atoms with Crippen molar-refractivity contribution in [2.75, 3.05) is 13.2 Å². The molecule has 0 saturated heterocycles. The molecule has 2 N–H and O–H groups in total. The van der Waals surface area contributed by atoms with Crippen LogP contribution in [0.2, 0.25) is 0 Å². The van der Waals surface area contributed by atoms with Crippen LogP contribution in [-0.2, 0) is 10.0 Å². The Morgan fingerprint density at radius 2 is 1.92 bits per heavy atom. The molecule has 0 radical (unpaired) electrons. The fourth-order valence-electron chi connectivity index (χ4n) is 2.01. The van der Waals surface area contributed by atoms with E-state index in [0.29, 0.717) is 24.7 Å². The van der Waals surface area contributed by atoms with Gasteiger partial charge in [-0.2, -0.15) is 0 Å². The van der Waals surface area contributed by atoms with Gasteiger partial charge in [0.25, 0.3) is 0 Å². The summed E-state index contributed by atoms with van der Waals surface area (Å²) in [5.41, 5.74) is 0. The van der Waals surface area contributed by atoms with Crippen molar-refractivity contribution in [3.63, 3.8) is 0 Å². The maximum atomic E-state index is 12.2. The quantitative estimate of drug-likeness (QED) is 0.712. The number of aliphatic hydroxyl groups is 1. The minimum atomic E-state index is -3.59. The smallest absolute Gasteiger partial charge is 0.240 e. The van der Waals surface area contributed by atoms with E-state index in [1.54, 1.807) is 12.1 Å². The minimum Gasteiger partial charge on any atom is -0.493 e. The van der Waals surface area contributed by atoms with Crippen molar-refractivity contribution in [2.24, 2.45) is 5.92 Å². The van der Waals surface area contributed by atoms with Gasteiger partial charge in [-0.1, -0.05) is 19.9 Å². The zero-order valence-corrected chi connectivity index (χ0v) is 15.4. The zero-order chi connectivity index (χ0) is 17.6. The minimum absolute atomic E-state index is 0.174. The van der Waals surface area contributed by atoms with E-state index in [4.69, 9.17) is 4.74 Å². The number of thiophene rings is 1. The van der Waals surface area contributed by atoms with E-state index in [0.717, 1.165) is 4.88 Å². The van der Waals surface area contributed by atoms with Crippen molar-refractivity contribution >= 4 is 21.4 Å². The molecule has 7 heteroatoms. The topological polar surface area (TPSA) is 75.6 Å². The number of hydrogen-bond acceptors (Lipinski definition) is 5. The van der Waals surface area contributed by atoms with Gasteiger partial charge in [-0.25, -0.2) is 13.1 Å². The monoisotopic (exact) mass is 369 g/mol. The number of benzene rings is 1. The van der Waals surface area contributed by atoms with Gasteiger partial charge in [0.1, 0.15) is 5.75 Å². The molecular weight excluding hydrogens is 346 g/mol. The number of rotatable bonds is 9. The molecule has 0 aliphatic heterocycles. The second-order valence-corrected chi connectivity index (χ2v) is 8.64. The molecule has 1 aromatic carbocycles. The molecule has 132 valence electrons. The second-order valence-electron chi connectivity index (χ2n) is 5.89. The van der Waals surface area contributed by atoms with Crippen molar-refractivity contribution in [3.05, 3.63) is 46.7 Å². The highest BCUT2D eigenvalue weighted by atomic mass is 32.2. The fourth-order valence-corrected chi connectivity index (χ4v) is 3.81. The molecular formula is C17H23NO4S2. The Hall–Kier alpha value is -1.41. The Kier molecular flexibility index (Phi) is 6.79. The summed E-state index contributed by atoms with van der Waals surface area (Å²) in [7, 11) is -3.59. The standard InChI is InChI=1S/C17H23NO4S2/c1-13(2)12-22-14-5-7-15(8-6-14)24(20,21)18-10-9-16(19)17-4-3-11-23-17/h3-8,11,13,16,18-19H,9-10,12H2,1-2H3. The van der Waals surface area contributed by atoms with Crippen molar-refractivity contribution in [1.82, 2.24) is 4.72 Å². The molecule has 0 saturated carbocycles. The van der Waals surface area contributed by atoms with E-state index in [1.807, 2.05) is 31.4 Å². The molecule has 24 heavy (non-hydrogen) atoms. The summed E-state index contributed by atoms with van der Waals surface area (Å²) in [5.74, 6) is 1.06. The van der Waals surface area contributed by atoms with Crippen LogP contribution < -0.4 is 9.46 Å². The Morgan fingerprint density at radius 1 is 1.21 bits per heavy atom. The molecule has 0 spiro atoms. The first-order valence-corrected chi connectivity index (χ1v) is 10.2. The molecule has 5 nitrogen and oxygen atoms in total. The van der Waals surface area contributed by atoms with Gasteiger partial charge in [0, 0.05) is 11.4 Å². The molecule has 0 amide bonds. The first-order valence-electron chi connectivity index (χ1n) is 7.82. The molecule has 0 aliphatic rings. The number of ether oxygens (including phenoxy) is 1. The van der Waals surface area contributed by atoms with E-state index < -0.39 is 16.1 Å². The number of sulfonamides is 1. The summed E-state index contributed by atoms with van der Waals surface area (Å²) in [6.07, 6.45) is -0.325. The Balaban J connectivity index is 1.88. The molecule has 1 aromatic heterocycles. The normalized spacial score (nSPS) is 13.2. The van der Waals surface area contributed by atoms with Crippen molar-refractivity contribution in [2.45, 2.75) is 31.3 Å². The van der Waals surface area contributed by atoms with Gasteiger partial charge in [-0.3, -0.25) is 0 Å². The first kappa shape index (κ1) is 18.9. The lowest BCUT2D eigenvalue weighted by atomic mass is 10.2. The van der Waals surface area contributed by atoms with Crippen LogP contribution in [-0.4, -0.2) is 26.7 Å². The molecule has 0 aliphatic carbocycles. The van der Waals surface area contributed by atoms with Gasteiger partial charge in [-0.15, -0.1) is 11.3 Å². The van der Waals surface area contributed by atoms with E-state index >= 15 is 0 Å². The van der Waals surface area contributed by atoms with Crippen LogP contribution >= 0.6 is 11.3 Å². The van der Waals surface area contributed by atoms with Crippen LogP contribution in [0.15, 0.2) is 46.7 Å². The van der Waals surface area contributed by atoms with E-state index in [-0.39, 0.29) is 11.4 Å². The summed E-state index contributed by atoms with van der Waals surface area (Å²) in [6.45, 7) is 4.86. The molecule has 1 heterocycles. The lowest BCUT2D eigenvalue weighted by Crippen LogP contribution is -2.25. The molecule has 1 atom stereocenters. The predicted molar refractivity (Wildman–Crippen MR) is 95.9 cm³/mol. The fraction of sp³-hybridized carbons (Fsp3) is 0.412. The molecule has 2 rings (SSSR count). The third kappa shape index (κ3) is 5.59.